The van der Waals surface area contributed by atoms with Gasteiger partial charge < -0.3 is 5.32 Å². The molecule has 0 saturated carbocycles. The molecule has 0 heterocycles. The van der Waals surface area contributed by atoms with Gasteiger partial charge in [0.15, 0.2) is 0 Å². The third-order valence-corrected chi connectivity index (χ3v) is 1.55. The predicted octanol–water partition coefficient (Wildman–Crippen LogP) is 2.56. The summed E-state index contributed by atoms with van der Waals surface area (Å²) < 4.78 is 11.7. The van der Waals surface area contributed by atoms with E-state index in [1.54, 1.807) is 30.3 Å². The molecule has 3 nitrogen and oxygen atoms in total. The van der Waals surface area contributed by atoms with Gasteiger partial charge in [-0.15, -0.1) is 0 Å². The van der Waals surface area contributed by atoms with Crippen LogP contribution in [-0.2, 0) is 0 Å². The molecule has 0 aromatic heterocycles. The minimum absolute atomic E-state index is 0.387. The molecular formula is C8H5ClFN3. The van der Waals surface area contributed by atoms with E-state index in [1.807, 2.05) is 0 Å². The van der Waals surface area contributed by atoms with Crippen LogP contribution in [-0.4, -0.2) is 5.84 Å². The normalized spacial score (nSPS) is 10.7. The quantitative estimate of drug-likeness (QED) is 0.556. The molecule has 0 saturated heterocycles. The van der Waals surface area contributed by atoms with Crippen LogP contribution < -0.4 is 5.32 Å². The van der Waals surface area contributed by atoms with E-state index < -0.39 is 0 Å². The van der Waals surface area contributed by atoms with Crippen molar-refractivity contribution in [1.82, 2.24) is 0 Å². The van der Waals surface area contributed by atoms with Crippen molar-refractivity contribution in [2.24, 2.45) is 5.21 Å². The van der Waals surface area contributed by atoms with Crippen LogP contribution in [0.4, 0.5) is 10.2 Å². The molecule has 0 amide bonds. The van der Waals surface area contributed by atoms with Crippen LogP contribution >= 0.6 is 11.6 Å². The van der Waals surface area contributed by atoms with E-state index >= 15 is 0 Å². The van der Waals surface area contributed by atoms with Gasteiger partial charge in [-0.05, 0) is 24.3 Å². The summed E-state index contributed by atoms with van der Waals surface area (Å²) in [5.41, 5.74) is 0.558. The molecule has 0 aliphatic carbocycles. The molecule has 0 atom stereocenters. The van der Waals surface area contributed by atoms with E-state index in [2.05, 4.69) is 10.5 Å². The van der Waals surface area contributed by atoms with Crippen molar-refractivity contribution >= 4 is 23.1 Å². The molecule has 0 aliphatic rings. The lowest BCUT2D eigenvalue weighted by molar-refractivity contribution is 0.538. The second-order valence-corrected chi connectivity index (χ2v) is 2.61. The molecule has 0 spiro atoms. The Kier molecular flexibility index (Phi) is 3.23. The monoisotopic (exact) mass is 197 g/mol. The van der Waals surface area contributed by atoms with Crippen LogP contribution in [0.2, 0.25) is 5.02 Å². The Labute approximate surface area is 79.4 Å². The van der Waals surface area contributed by atoms with E-state index in [-0.39, 0.29) is 5.84 Å². The topological polar surface area (TPSA) is 48.2 Å². The van der Waals surface area contributed by atoms with Crippen molar-refractivity contribution < 1.29 is 4.48 Å². The van der Waals surface area contributed by atoms with Gasteiger partial charge in [-0.25, -0.2) is 0 Å². The summed E-state index contributed by atoms with van der Waals surface area (Å²) in [6.45, 7) is 0. The molecule has 1 aromatic rings. The molecule has 1 rings (SSSR count). The highest BCUT2D eigenvalue weighted by atomic mass is 35.5. The largest absolute Gasteiger partial charge is 0.329 e. The maximum absolute atomic E-state index is 11.7. The van der Waals surface area contributed by atoms with Crippen molar-refractivity contribution in [2.75, 3.05) is 5.32 Å². The summed E-state index contributed by atoms with van der Waals surface area (Å²) in [5, 5.41) is 13.6. The Morgan fingerprint density at radius 1 is 1.46 bits per heavy atom. The first-order chi connectivity index (χ1) is 6.26. The average molecular weight is 198 g/mol. The third kappa shape index (κ3) is 2.73. The highest BCUT2D eigenvalue weighted by molar-refractivity contribution is 6.30. The maximum atomic E-state index is 11.7. The number of halogens is 2. The summed E-state index contributed by atoms with van der Waals surface area (Å²) in [6, 6.07) is 8.02. The zero-order valence-electron chi connectivity index (χ0n) is 6.46. The van der Waals surface area contributed by atoms with Crippen molar-refractivity contribution in [2.45, 2.75) is 0 Å². The maximum Gasteiger partial charge on any atom is 0.241 e. The first-order valence-electron chi connectivity index (χ1n) is 3.38. The minimum Gasteiger partial charge on any atom is -0.329 e. The molecule has 0 bridgehead atoms. The summed E-state index contributed by atoms with van der Waals surface area (Å²) in [6.07, 6.45) is 0. The Morgan fingerprint density at radius 3 is 2.54 bits per heavy atom. The highest BCUT2D eigenvalue weighted by Gasteiger charge is 1.97. The van der Waals surface area contributed by atoms with E-state index in [1.165, 1.54) is 0 Å². The molecule has 0 aliphatic heterocycles. The zero-order valence-corrected chi connectivity index (χ0v) is 7.22. The van der Waals surface area contributed by atoms with E-state index in [4.69, 9.17) is 16.9 Å². The number of benzene rings is 1. The van der Waals surface area contributed by atoms with Crippen LogP contribution in [0.25, 0.3) is 0 Å². The number of nitriles is 1. The second kappa shape index (κ2) is 4.43. The highest BCUT2D eigenvalue weighted by Crippen LogP contribution is 2.13. The van der Waals surface area contributed by atoms with E-state index in [9.17, 15) is 4.48 Å². The predicted molar refractivity (Wildman–Crippen MR) is 49.2 cm³/mol. The zero-order chi connectivity index (χ0) is 9.68. The molecule has 13 heavy (non-hydrogen) atoms. The Morgan fingerprint density at radius 2 is 2.08 bits per heavy atom. The first-order valence-corrected chi connectivity index (χ1v) is 3.75. The lowest BCUT2D eigenvalue weighted by atomic mass is 10.3. The Bertz CT molecular complexity index is 353. The number of anilines is 1. The van der Waals surface area contributed by atoms with Gasteiger partial charge in [0.05, 0.1) is 0 Å². The lowest BCUT2D eigenvalue weighted by Crippen LogP contribution is -2.07. The number of rotatable bonds is 1. The van der Waals surface area contributed by atoms with Gasteiger partial charge >= 0.3 is 0 Å². The standard InChI is InChI=1S/C8H5ClFN3/c9-6-1-3-7(4-2-6)12-8(5-11)13-10/h1-4H,(H,12,13). The van der Waals surface area contributed by atoms with Crippen molar-refractivity contribution in [3.63, 3.8) is 0 Å². The second-order valence-electron chi connectivity index (χ2n) is 2.18. The van der Waals surface area contributed by atoms with Gasteiger partial charge in [-0.2, -0.15) is 5.26 Å². The van der Waals surface area contributed by atoms with Gasteiger partial charge in [0.2, 0.25) is 5.84 Å². The van der Waals surface area contributed by atoms with E-state index in [0.29, 0.717) is 10.7 Å². The molecule has 1 N–H and O–H groups in total. The van der Waals surface area contributed by atoms with Crippen LogP contribution in [0.1, 0.15) is 0 Å². The average Bonchev–Trinajstić information content (AvgIpc) is 2.17. The van der Waals surface area contributed by atoms with Crippen molar-refractivity contribution in [3.8, 4) is 6.07 Å². The summed E-state index contributed by atoms with van der Waals surface area (Å²) in [7, 11) is 0. The SMILES string of the molecule is N#C/C(=N\F)Nc1ccc(Cl)cc1. The van der Waals surface area contributed by atoms with Crippen LogP contribution in [0.5, 0.6) is 0 Å². The molecular weight excluding hydrogens is 193 g/mol. The third-order valence-electron chi connectivity index (χ3n) is 1.30. The van der Waals surface area contributed by atoms with Crippen molar-refractivity contribution in [1.29, 1.82) is 5.26 Å². The summed E-state index contributed by atoms with van der Waals surface area (Å²) >= 11 is 5.62. The van der Waals surface area contributed by atoms with Crippen LogP contribution in [0.3, 0.4) is 0 Å². The first kappa shape index (κ1) is 9.49. The molecule has 0 unspecified atom stereocenters. The fraction of sp³-hybridized carbons (Fsp3) is 0. The number of amidine groups is 1. The number of nitrogens with zero attached hydrogens (tertiary/aromatic N) is 2. The van der Waals surface area contributed by atoms with Crippen molar-refractivity contribution in [3.05, 3.63) is 29.3 Å². The van der Waals surface area contributed by atoms with Crippen LogP contribution in [0, 0.1) is 11.3 Å². The van der Waals surface area contributed by atoms with Gasteiger partial charge in [0.1, 0.15) is 6.07 Å². The minimum atomic E-state index is -0.387. The molecule has 0 fully saturated rings. The smallest absolute Gasteiger partial charge is 0.241 e. The van der Waals surface area contributed by atoms with Gasteiger partial charge in [0, 0.05) is 10.7 Å². The molecule has 0 radical (unpaired) electrons. The van der Waals surface area contributed by atoms with Crippen LogP contribution in [0.15, 0.2) is 29.5 Å². The summed E-state index contributed by atoms with van der Waals surface area (Å²) in [5.74, 6) is -0.387. The molecule has 1 aromatic carbocycles. The Hall–Kier alpha value is -1.60. The van der Waals surface area contributed by atoms with Gasteiger partial charge in [-0.3, -0.25) is 0 Å². The van der Waals surface area contributed by atoms with Gasteiger partial charge in [0.25, 0.3) is 0 Å². The lowest BCUT2D eigenvalue weighted by Gasteiger charge is -2.00. The summed E-state index contributed by atoms with van der Waals surface area (Å²) in [4.78, 5) is 0. The molecule has 5 heteroatoms. The van der Waals surface area contributed by atoms with Gasteiger partial charge in [-0.1, -0.05) is 21.3 Å². The molecule has 66 valence electrons. The Balaban J connectivity index is 2.76. The number of nitrogens with one attached hydrogen (secondary N) is 1. The number of hydrogen-bond donors (Lipinski definition) is 1. The fourth-order valence-electron chi connectivity index (χ4n) is 0.738. The fourth-order valence-corrected chi connectivity index (χ4v) is 0.864. The number of hydrogen-bond acceptors (Lipinski definition) is 2. The van der Waals surface area contributed by atoms with E-state index in [0.717, 1.165) is 0 Å².